The Labute approximate surface area is 132 Å². The van der Waals surface area contributed by atoms with Crippen LogP contribution in [-0.4, -0.2) is 22.3 Å². The van der Waals surface area contributed by atoms with Crippen molar-refractivity contribution in [1.29, 1.82) is 0 Å². The van der Waals surface area contributed by atoms with Crippen LogP contribution in [0.2, 0.25) is 10.4 Å². The fourth-order valence-electron chi connectivity index (χ4n) is 1.13. The molecule has 4 nitrogen and oxygen atoms in total. The van der Waals surface area contributed by atoms with Crippen molar-refractivity contribution in [1.82, 2.24) is 9.97 Å². The Hall–Kier alpha value is 0.580. The maximum Gasteiger partial charge on any atom is 0.247 e. The molecule has 19 heavy (non-hydrogen) atoms. The zero-order chi connectivity index (χ0) is 14.3. The summed E-state index contributed by atoms with van der Waals surface area (Å²) >= 11 is 18.5. The van der Waals surface area contributed by atoms with Crippen molar-refractivity contribution < 1.29 is 9.05 Å². The van der Waals surface area contributed by atoms with Gasteiger partial charge in [0.2, 0.25) is 11.0 Å². The number of aromatic nitrogens is 2. The summed E-state index contributed by atoms with van der Waals surface area (Å²) in [6.45, 7) is 4.73. The predicted octanol–water partition coefficient (Wildman–Crippen LogP) is 4.70. The lowest BCUT2D eigenvalue weighted by Gasteiger charge is -2.20. The van der Waals surface area contributed by atoms with Gasteiger partial charge < -0.3 is 9.05 Å². The van der Waals surface area contributed by atoms with Crippen LogP contribution in [0.25, 0.3) is 0 Å². The summed E-state index contributed by atoms with van der Waals surface area (Å²) in [4.78, 5) is 7.80. The number of nitrogens with zero attached hydrogens (tertiary/aromatic N) is 2. The molecule has 1 atom stereocenters. The highest BCUT2D eigenvalue weighted by molar-refractivity contribution is 8.67. The minimum absolute atomic E-state index is 0.0945. The second-order valence-corrected chi connectivity index (χ2v) is 10.6. The second-order valence-electron chi connectivity index (χ2n) is 3.42. The third-order valence-corrected chi connectivity index (χ3v) is 7.83. The van der Waals surface area contributed by atoms with Crippen molar-refractivity contribution in [3.8, 4) is 0 Å². The lowest BCUT2D eigenvalue weighted by atomic mass is 10.4. The van der Waals surface area contributed by atoms with E-state index in [1.54, 1.807) is 17.4 Å². The maximum absolute atomic E-state index is 5.80. The largest absolute Gasteiger partial charge is 0.322 e. The number of halogens is 2. The predicted molar refractivity (Wildman–Crippen MR) is 85.5 cm³/mol. The van der Waals surface area contributed by atoms with E-state index < -0.39 is 5.69 Å². The van der Waals surface area contributed by atoms with Gasteiger partial charge in [-0.2, -0.15) is 0 Å². The van der Waals surface area contributed by atoms with Crippen molar-refractivity contribution >= 4 is 52.1 Å². The summed E-state index contributed by atoms with van der Waals surface area (Å²) in [5, 5.41) is 0.376. The van der Waals surface area contributed by atoms with E-state index in [9.17, 15) is 0 Å². The highest BCUT2D eigenvalue weighted by atomic mass is 35.5. The van der Waals surface area contributed by atoms with E-state index in [4.69, 9.17) is 44.1 Å². The Morgan fingerprint density at radius 1 is 1.32 bits per heavy atom. The van der Waals surface area contributed by atoms with Crippen LogP contribution in [0, 0.1) is 0 Å². The van der Waals surface area contributed by atoms with Crippen LogP contribution < -0.4 is 0 Å². The molecule has 0 aliphatic carbocycles. The molecule has 0 aliphatic rings. The average Bonchev–Trinajstić information content (AvgIpc) is 2.34. The van der Waals surface area contributed by atoms with Gasteiger partial charge in [-0.3, -0.25) is 0 Å². The third kappa shape index (κ3) is 6.71. The van der Waals surface area contributed by atoms with Gasteiger partial charge in [-0.15, -0.1) is 0 Å². The van der Waals surface area contributed by atoms with Crippen molar-refractivity contribution in [3.05, 3.63) is 22.2 Å². The van der Waals surface area contributed by atoms with E-state index in [0.29, 0.717) is 12.3 Å². The van der Waals surface area contributed by atoms with E-state index in [1.165, 1.54) is 0 Å². The topological polar surface area (TPSA) is 44.2 Å². The zero-order valence-electron chi connectivity index (χ0n) is 10.6. The van der Waals surface area contributed by atoms with Crippen LogP contribution in [0.15, 0.2) is 6.07 Å². The molecule has 0 spiro atoms. The molecule has 1 heterocycles. The smallest absolute Gasteiger partial charge is 0.247 e. The van der Waals surface area contributed by atoms with E-state index >= 15 is 0 Å². The van der Waals surface area contributed by atoms with Crippen LogP contribution in [0.5, 0.6) is 0 Å². The standard InChI is InChI=1S/C10H15Cl2N2O2PS2/c1-3-5-19-17(18,15-4-2)16-7-8-6-9(11)14-10(12)13-8/h6H,3-5,7H2,1-2H3/t17-/m0/s1. The summed E-state index contributed by atoms with van der Waals surface area (Å²) in [7, 11) is 0. The Bertz CT molecular complexity index is 445. The normalized spacial score (nSPS) is 14.3. The highest BCUT2D eigenvalue weighted by Gasteiger charge is 2.19. The van der Waals surface area contributed by atoms with E-state index in [1.807, 2.05) is 6.92 Å². The SMILES string of the molecule is CCCS[P@@](=S)(OCC)OCc1cc(Cl)nc(Cl)n1. The van der Waals surface area contributed by atoms with Gasteiger partial charge >= 0.3 is 0 Å². The first-order valence-corrected chi connectivity index (χ1v) is 10.7. The molecule has 0 saturated carbocycles. The monoisotopic (exact) mass is 360 g/mol. The van der Waals surface area contributed by atoms with Gasteiger partial charge in [0.15, 0.2) is 0 Å². The van der Waals surface area contributed by atoms with Gasteiger partial charge in [0, 0.05) is 5.75 Å². The van der Waals surface area contributed by atoms with Gasteiger partial charge in [-0.05, 0) is 42.8 Å². The lowest BCUT2D eigenvalue weighted by Crippen LogP contribution is -1.98. The van der Waals surface area contributed by atoms with Crippen molar-refractivity contribution in [2.45, 2.75) is 26.9 Å². The number of hydrogen-bond acceptors (Lipinski definition) is 6. The Morgan fingerprint density at radius 3 is 2.63 bits per heavy atom. The molecule has 0 unspecified atom stereocenters. The summed E-state index contributed by atoms with van der Waals surface area (Å²) in [6, 6.07) is 1.60. The van der Waals surface area contributed by atoms with Gasteiger partial charge in [-0.25, -0.2) is 9.97 Å². The number of rotatable bonds is 8. The molecule has 0 saturated heterocycles. The molecular weight excluding hydrogens is 346 g/mol. The molecule has 0 fully saturated rings. The Kier molecular flexibility index (Phi) is 8.14. The second kappa shape index (κ2) is 8.78. The molecule has 1 aromatic rings. The summed E-state index contributed by atoms with van der Waals surface area (Å²) in [5.74, 6) is 0.905. The Balaban J connectivity index is 2.67. The van der Waals surface area contributed by atoms with Gasteiger partial charge in [0.05, 0.1) is 18.9 Å². The molecule has 0 aromatic carbocycles. The Morgan fingerprint density at radius 2 is 2.05 bits per heavy atom. The van der Waals surface area contributed by atoms with Crippen LogP contribution in [0.3, 0.4) is 0 Å². The van der Waals surface area contributed by atoms with Crippen molar-refractivity contribution in [2.75, 3.05) is 12.4 Å². The first kappa shape index (κ1) is 17.6. The van der Waals surface area contributed by atoms with Crippen molar-refractivity contribution in [3.63, 3.8) is 0 Å². The van der Waals surface area contributed by atoms with E-state index in [-0.39, 0.29) is 17.0 Å². The van der Waals surface area contributed by atoms with Crippen LogP contribution in [0.1, 0.15) is 26.0 Å². The van der Waals surface area contributed by atoms with Gasteiger partial charge in [0.25, 0.3) is 0 Å². The first-order chi connectivity index (χ1) is 8.99. The van der Waals surface area contributed by atoms with E-state index in [0.717, 1.165) is 12.2 Å². The minimum atomic E-state index is -2.33. The van der Waals surface area contributed by atoms with Gasteiger partial charge in [0.1, 0.15) is 5.15 Å². The average molecular weight is 361 g/mol. The molecule has 9 heteroatoms. The van der Waals surface area contributed by atoms with Crippen LogP contribution >= 0.6 is 40.3 Å². The molecule has 1 aromatic heterocycles. The van der Waals surface area contributed by atoms with Crippen LogP contribution in [0.4, 0.5) is 0 Å². The van der Waals surface area contributed by atoms with Crippen LogP contribution in [-0.2, 0) is 27.5 Å². The third-order valence-electron chi connectivity index (χ3n) is 1.83. The first-order valence-electron chi connectivity index (χ1n) is 5.71. The minimum Gasteiger partial charge on any atom is -0.322 e. The fourth-order valence-corrected chi connectivity index (χ4v) is 6.10. The number of hydrogen-bond donors (Lipinski definition) is 0. The molecular formula is C10H15Cl2N2O2PS2. The maximum atomic E-state index is 5.80. The molecule has 108 valence electrons. The summed E-state index contributed by atoms with van der Waals surface area (Å²) in [5.41, 5.74) is -1.73. The summed E-state index contributed by atoms with van der Waals surface area (Å²) in [6.07, 6.45) is 1.02. The summed E-state index contributed by atoms with van der Waals surface area (Å²) < 4.78 is 11.3. The highest BCUT2D eigenvalue weighted by Crippen LogP contribution is 2.61. The van der Waals surface area contributed by atoms with E-state index in [2.05, 4.69) is 16.9 Å². The fraction of sp³-hybridized carbons (Fsp3) is 0.600. The van der Waals surface area contributed by atoms with Gasteiger partial charge in [-0.1, -0.05) is 29.9 Å². The molecule has 0 bridgehead atoms. The molecule has 1 rings (SSSR count). The molecule has 0 aliphatic heterocycles. The lowest BCUT2D eigenvalue weighted by molar-refractivity contribution is 0.259. The zero-order valence-corrected chi connectivity index (χ0v) is 14.7. The molecule has 0 N–H and O–H groups in total. The molecule has 0 amide bonds. The molecule has 0 radical (unpaired) electrons. The van der Waals surface area contributed by atoms with Crippen molar-refractivity contribution in [2.24, 2.45) is 0 Å². The quantitative estimate of drug-likeness (QED) is 0.380.